The molecule has 2 heterocycles. The Hall–Kier alpha value is -1.61. The lowest BCUT2D eigenvalue weighted by atomic mass is 10.2. The van der Waals surface area contributed by atoms with E-state index < -0.39 is 0 Å². The molecule has 0 atom stereocenters. The van der Waals surface area contributed by atoms with Gasteiger partial charge in [0, 0.05) is 17.6 Å². The van der Waals surface area contributed by atoms with Gasteiger partial charge in [-0.3, -0.25) is 0 Å². The zero-order chi connectivity index (χ0) is 9.38. The van der Waals surface area contributed by atoms with E-state index in [4.69, 9.17) is 0 Å². The second-order valence-electron chi connectivity index (χ2n) is 3.11. The van der Waals surface area contributed by atoms with Gasteiger partial charge in [0.2, 0.25) is 0 Å². The van der Waals surface area contributed by atoms with Gasteiger partial charge in [-0.2, -0.15) is 0 Å². The SMILES string of the molecule is C1=c2ccccc2=c2ncsc2=CN1. The van der Waals surface area contributed by atoms with E-state index in [-0.39, 0.29) is 0 Å². The Kier molecular flexibility index (Phi) is 1.64. The molecule has 1 aliphatic heterocycles. The molecule has 14 heavy (non-hydrogen) atoms. The van der Waals surface area contributed by atoms with E-state index in [0.29, 0.717) is 0 Å². The third-order valence-electron chi connectivity index (χ3n) is 2.26. The van der Waals surface area contributed by atoms with Crippen LogP contribution < -0.4 is 15.1 Å². The summed E-state index contributed by atoms with van der Waals surface area (Å²) in [5, 5.41) is 6.63. The number of nitrogens with zero attached hydrogens (tertiary/aromatic N) is 1. The highest BCUT2D eigenvalue weighted by Crippen LogP contribution is 1.91. The van der Waals surface area contributed by atoms with Crippen molar-refractivity contribution in [3.8, 4) is 0 Å². The Morgan fingerprint density at radius 2 is 2.07 bits per heavy atom. The summed E-state index contributed by atoms with van der Waals surface area (Å²) in [6.45, 7) is 0. The van der Waals surface area contributed by atoms with Crippen LogP contribution in [0.25, 0.3) is 12.4 Å². The van der Waals surface area contributed by atoms with Crippen molar-refractivity contribution in [3.05, 3.63) is 50.1 Å². The minimum absolute atomic E-state index is 1.08. The number of thiazole rings is 1. The lowest BCUT2D eigenvalue weighted by Gasteiger charge is -1.87. The van der Waals surface area contributed by atoms with Crippen molar-refractivity contribution in [3.63, 3.8) is 0 Å². The van der Waals surface area contributed by atoms with Gasteiger partial charge >= 0.3 is 0 Å². The van der Waals surface area contributed by atoms with Crippen molar-refractivity contribution in [1.82, 2.24) is 10.3 Å². The number of benzene rings is 1. The zero-order valence-electron chi connectivity index (χ0n) is 7.40. The fourth-order valence-corrected chi connectivity index (χ4v) is 2.29. The molecule has 0 unspecified atom stereocenters. The quantitative estimate of drug-likeness (QED) is 0.670. The molecule has 1 aliphatic rings. The average molecular weight is 200 g/mol. The molecule has 1 N–H and O–H groups in total. The first kappa shape index (κ1) is 7.76. The van der Waals surface area contributed by atoms with Crippen LogP contribution in [0.15, 0.2) is 29.8 Å². The Balaban J connectivity index is 2.76. The molecular formula is C11H8N2S. The van der Waals surface area contributed by atoms with Gasteiger partial charge in [-0.05, 0) is 5.22 Å². The second-order valence-corrected chi connectivity index (χ2v) is 3.99. The smallest absolute Gasteiger partial charge is 0.0905 e. The molecule has 0 fully saturated rings. The Morgan fingerprint density at radius 3 is 3.07 bits per heavy atom. The molecule has 1 aromatic heterocycles. The lowest BCUT2D eigenvalue weighted by Crippen LogP contribution is -2.06. The summed E-state index contributed by atoms with van der Waals surface area (Å²) < 4.78 is 1.19. The first-order valence-electron chi connectivity index (χ1n) is 4.40. The van der Waals surface area contributed by atoms with Crippen LogP contribution in [0, 0.1) is 10.6 Å². The van der Waals surface area contributed by atoms with Crippen LogP contribution in [0.1, 0.15) is 0 Å². The minimum atomic E-state index is 1.08. The Labute approximate surface area is 84.6 Å². The number of hydrogen-bond acceptors (Lipinski definition) is 3. The van der Waals surface area contributed by atoms with Crippen LogP contribution >= 0.6 is 11.3 Å². The maximum Gasteiger partial charge on any atom is 0.0905 e. The van der Waals surface area contributed by atoms with E-state index in [9.17, 15) is 0 Å². The van der Waals surface area contributed by atoms with Crippen LogP contribution in [0.2, 0.25) is 0 Å². The second kappa shape index (κ2) is 2.96. The molecule has 3 heteroatoms. The van der Waals surface area contributed by atoms with Gasteiger partial charge in [-0.25, -0.2) is 4.98 Å². The largest absolute Gasteiger partial charge is 0.366 e. The molecule has 68 valence electrons. The van der Waals surface area contributed by atoms with E-state index in [1.807, 2.05) is 30.0 Å². The van der Waals surface area contributed by atoms with Crippen LogP contribution in [0.3, 0.4) is 0 Å². The van der Waals surface area contributed by atoms with Gasteiger partial charge in [0.1, 0.15) is 0 Å². The Morgan fingerprint density at radius 1 is 1.14 bits per heavy atom. The highest BCUT2D eigenvalue weighted by molar-refractivity contribution is 7.07. The molecule has 1 aromatic carbocycles. The lowest BCUT2D eigenvalue weighted by molar-refractivity contribution is 1.27. The van der Waals surface area contributed by atoms with Crippen molar-refractivity contribution < 1.29 is 0 Å². The van der Waals surface area contributed by atoms with Crippen LogP contribution in [0.4, 0.5) is 0 Å². The monoisotopic (exact) mass is 200 g/mol. The van der Waals surface area contributed by atoms with E-state index in [1.165, 1.54) is 15.0 Å². The number of hydrogen-bond donors (Lipinski definition) is 1. The van der Waals surface area contributed by atoms with E-state index in [1.54, 1.807) is 11.3 Å². The molecule has 2 nitrogen and oxygen atoms in total. The third-order valence-corrected chi connectivity index (χ3v) is 3.04. The predicted octanol–water partition coefficient (Wildman–Crippen LogP) is 0.509. The highest BCUT2D eigenvalue weighted by atomic mass is 32.1. The summed E-state index contributed by atoms with van der Waals surface area (Å²) in [4.78, 5) is 4.39. The summed E-state index contributed by atoms with van der Waals surface area (Å²) in [5.41, 5.74) is 1.88. The van der Waals surface area contributed by atoms with Gasteiger partial charge in [0.05, 0.1) is 15.4 Å². The summed E-state index contributed by atoms with van der Waals surface area (Å²) >= 11 is 1.65. The van der Waals surface area contributed by atoms with E-state index in [2.05, 4.69) is 22.4 Å². The average Bonchev–Trinajstić information content (AvgIpc) is 2.61. The normalized spacial score (nSPS) is 12.6. The summed E-state index contributed by atoms with van der Waals surface area (Å²) in [5.74, 6) is 0. The van der Waals surface area contributed by atoms with Gasteiger partial charge in [0.25, 0.3) is 0 Å². The highest BCUT2D eigenvalue weighted by Gasteiger charge is 1.94. The summed E-state index contributed by atoms with van der Waals surface area (Å²) in [6, 6.07) is 8.27. The van der Waals surface area contributed by atoms with Crippen molar-refractivity contribution in [2.75, 3.05) is 0 Å². The van der Waals surface area contributed by atoms with E-state index >= 15 is 0 Å². The van der Waals surface area contributed by atoms with Gasteiger partial charge in [-0.1, -0.05) is 24.3 Å². The number of nitrogens with one attached hydrogen (secondary N) is 1. The van der Waals surface area contributed by atoms with Crippen molar-refractivity contribution in [2.24, 2.45) is 0 Å². The topological polar surface area (TPSA) is 24.9 Å². The maximum atomic E-state index is 4.39. The summed E-state index contributed by atoms with van der Waals surface area (Å²) in [7, 11) is 0. The molecule has 0 amide bonds. The van der Waals surface area contributed by atoms with E-state index in [0.717, 1.165) is 5.35 Å². The number of fused-ring (bicyclic) bond motifs is 2. The minimum Gasteiger partial charge on any atom is -0.366 e. The first-order chi connectivity index (χ1) is 6.95. The fraction of sp³-hybridized carbons (Fsp3) is 0. The predicted molar refractivity (Wildman–Crippen MR) is 57.5 cm³/mol. The molecule has 0 radical (unpaired) electrons. The molecule has 0 spiro atoms. The van der Waals surface area contributed by atoms with Crippen molar-refractivity contribution in [1.29, 1.82) is 0 Å². The molecular weight excluding hydrogens is 192 g/mol. The molecule has 0 bridgehead atoms. The van der Waals surface area contributed by atoms with Gasteiger partial charge in [-0.15, -0.1) is 11.3 Å². The third kappa shape index (κ3) is 1.06. The van der Waals surface area contributed by atoms with Gasteiger partial charge in [0.15, 0.2) is 0 Å². The van der Waals surface area contributed by atoms with Crippen molar-refractivity contribution >= 4 is 23.7 Å². The molecule has 0 saturated carbocycles. The first-order valence-corrected chi connectivity index (χ1v) is 5.28. The molecule has 0 aliphatic carbocycles. The number of aromatic nitrogens is 1. The maximum absolute atomic E-state index is 4.39. The summed E-state index contributed by atoms with van der Waals surface area (Å²) in [6.07, 6.45) is 4.00. The Bertz CT molecular complexity index is 670. The van der Waals surface area contributed by atoms with Crippen LogP contribution in [0.5, 0.6) is 0 Å². The molecule has 0 saturated heterocycles. The van der Waals surface area contributed by atoms with Crippen molar-refractivity contribution in [2.45, 2.75) is 0 Å². The number of rotatable bonds is 0. The van der Waals surface area contributed by atoms with Gasteiger partial charge < -0.3 is 5.32 Å². The standard InChI is InChI=1S/C11H8N2S/c1-2-4-9-8(3-1)5-12-6-10-11(9)13-7-14-10/h1-7,12H. The zero-order valence-corrected chi connectivity index (χ0v) is 8.21. The molecule has 3 rings (SSSR count). The fourth-order valence-electron chi connectivity index (χ4n) is 1.61. The molecule has 2 aromatic rings. The van der Waals surface area contributed by atoms with Crippen LogP contribution in [-0.2, 0) is 0 Å². The van der Waals surface area contributed by atoms with Crippen LogP contribution in [-0.4, -0.2) is 4.98 Å².